The molecule has 2 aliphatic rings. The fourth-order valence-electron chi connectivity index (χ4n) is 4.64. The van der Waals surface area contributed by atoms with Gasteiger partial charge in [0.1, 0.15) is 5.75 Å². The molecule has 0 aliphatic carbocycles. The molecule has 0 radical (unpaired) electrons. The lowest BCUT2D eigenvalue weighted by atomic mass is 9.94. The van der Waals surface area contributed by atoms with Gasteiger partial charge in [-0.15, -0.1) is 17.0 Å². The molecular formula is C25H28BrNO3. The highest BCUT2D eigenvalue weighted by Gasteiger charge is 2.41. The first-order valence-electron chi connectivity index (χ1n) is 10.4. The van der Waals surface area contributed by atoms with Crippen LogP contribution in [0.1, 0.15) is 24.8 Å². The topological polar surface area (TPSA) is 41.9 Å². The Morgan fingerprint density at radius 1 is 0.967 bits per heavy atom. The van der Waals surface area contributed by atoms with Gasteiger partial charge in [0.15, 0.2) is 0 Å². The molecule has 0 aromatic heterocycles. The Bertz CT molecular complexity index is 1020. The van der Waals surface area contributed by atoms with Gasteiger partial charge in [0.25, 0.3) is 0 Å². The summed E-state index contributed by atoms with van der Waals surface area (Å²) in [6.45, 7) is 2.21. The van der Waals surface area contributed by atoms with Gasteiger partial charge in [-0.3, -0.25) is 4.90 Å². The number of piperidine rings is 1. The zero-order valence-corrected chi connectivity index (χ0v) is 18.9. The third-order valence-electron chi connectivity index (χ3n) is 6.40. The molecule has 0 saturated carbocycles. The smallest absolute Gasteiger partial charge is 0.205 e. The van der Waals surface area contributed by atoms with Gasteiger partial charge in [-0.2, -0.15) is 0 Å². The van der Waals surface area contributed by atoms with Crippen LogP contribution in [-0.4, -0.2) is 42.9 Å². The molecule has 5 rings (SSSR count). The maximum atomic E-state index is 11.2. The average Bonchev–Trinajstić information content (AvgIpc) is 2.78. The van der Waals surface area contributed by atoms with Gasteiger partial charge in [0.2, 0.25) is 5.79 Å². The first-order valence-corrected chi connectivity index (χ1v) is 10.4. The number of ether oxygens (including phenoxy) is 2. The first-order chi connectivity index (χ1) is 14.1. The van der Waals surface area contributed by atoms with Crippen LogP contribution in [0.4, 0.5) is 0 Å². The van der Waals surface area contributed by atoms with Crippen LogP contribution in [0.5, 0.6) is 5.75 Å². The van der Waals surface area contributed by atoms with Gasteiger partial charge in [0, 0.05) is 11.6 Å². The van der Waals surface area contributed by atoms with Gasteiger partial charge >= 0.3 is 0 Å². The van der Waals surface area contributed by atoms with Crippen molar-refractivity contribution in [3.05, 3.63) is 66.2 Å². The zero-order valence-electron chi connectivity index (χ0n) is 17.2. The molecule has 4 nitrogen and oxygen atoms in total. The van der Waals surface area contributed by atoms with E-state index in [1.807, 2.05) is 24.3 Å². The Labute approximate surface area is 188 Å². The van der Waals surface area contributed by atoms with Crippen LogP contribution in [0, 0.1) is 0 Å². The predicted octanol–water partition coefficient (Wildman–Crippen LogP) is 5.12. The van der Waals surface area contributed by atoms with E-state index in [9.17, 15) is 5.11 Å². The predicted molar refractivity (Wildman–Crippen MR) is 125 cm³/mol. The third kappa shape index (κ3) is 4.00. The van der Waals surface area contributed by atoms with Crippen LogP contribution in [0.15, 0.2) is 60.7 Å². The van der Waals surface area contributed by atoms with Crippen molar-refractivity contribution in [2.45, 2.75) is 31.1 Å². The van der Waals surface area contributed by atoms with Crippen LogP contribution in [0.3, 0.4) is 0 Å². The van der Waals surface area contributed by atoms with Gasteiger partial charge < -0.3 is 14.6 Å². The van der Waals surface area contributed by atoms with E-state index in [0.29, 0.717) is 19.2 Å². The molecular weight excluding hydrogens is 442 g/mol. The van der Waals surface area contributed by atoms with Crippen LogP contribution in [-0.2, 0) is 10.5 Å². The summed E-state index contributed by atoms with van der Waals surface area (Å²) < 4.78 is 11.3. The lowest BCUT2D eigenvalue weighted by Crippen LogP contribution is -2.56. The van der Waals surface area contributed by atoms with E-state index in [0.717, 1.165) is 34.4 Å². The summed E-state index contributed by atoms with van der Waals surface area (Å²) in [6.07, 6.45) is 3.64. The summed E-state index contributed by atoms with van der Waals surface area (Å²) in [7, 11) is 1.69. The maximum Gasteiger partial charge on any atom is 0.205 e. The van der Waals surface area contributed by atoms with E-state index < -0.39 is 5.79 Å². The summed E-state index contributed by atoms with van der Waals surface area (Å²) in [6, 6.07) is 21.2. The normalized spacial score (nSPS) is 24.1. The lowest BCUT2D eigenvalue weighted by Gasteiger charge is -2.46. The molecule has 2 heterocycles. The van der Waals surface area contributed by atoms with Crippen molar-refractivity contribution >= 4 is 27.8 Å². The van der Waals surface area contributed by atoms with Crippen molar-refractivity contribution in [3.8, 4) is 16.9 Å². The number of rotatable bonds is 3. The van der Waals surface area contributed by atoms with E-state index in [1.54, 1.807) is 7.11 Å². The number of hydrogen-bond donors (Lipinski definition) is 1. The number of methoxy groups -OCH3 is 1. The van der Waals surface area contributed by atoms with Crippen molar-refractivity contribution in [3.63, 3.8) is 0 Å². The van der Waals surface area contributed by atoms with Crippen LogP contribution in [0.2, 0.25) is 0 Å². The number of fused-ring (bicyclic) bond motifs is 2. The molecule has 3 aromatic carbocycles. The molecule has 158 valence electrons. The van der Waals surface area contributed by atoms with Crippen molar-refractivity contribution in [2.24, 2.45) is 0 Å². The Balaban J connectivity index is 0.00000218. The molecule has 2 aliphatic heterocycles. The summed E-state index contributed by atoms with van der Waals surface area (Å²) >= 11 is 0. The molecule has 30 heavy (non-hydrogen) atoms. The fourth-order valence-corrected chi connectivity index (χ4v) is 4.64. The molecule has 2 saturated heterocycles. The number of hydrogen-bond acceptors (Lipinski definition) is 4. The maximum absolute atomic E-state index is 11.2. The monoisotopic (exact) mass is 469 g/mol. The Morgan fingerprint density at radius 3 is 2.50 bits per heavy atom. The molecule has 2 unspecified atom stereocenters. The third-order valence-corrected chi connectivity index (χ3v) is 6.40. The Kier molecular flexibility index (Phi) is 6.16. The summed E-state index contributed by atoms with van der Waals surface area (Å²) in [4.78, 5) is 2.39. The largest absolute Gasteiger partial charge is 0.497 e. The highest BCUT2D eigenvalue weighted by Crippen LogP contribution is 2.34. The molecule has 0 bridgehead atoms. The second-order valence-electron chi connectivity index (χ2n) is 8.22. The van der Waals surface area contributed by atoms with E-state index >= 15 is 0 Å². The second kappa shape index (κ2) is 8.67. The Morgan fingerprint density at radius 2 is 1.70 bits per heavy atom. The number of nitrogens with zero attached hydrogens (tertiary/aromatic N) is 1. The quantitative estimate of drug-likeness (QED) is 0.577. The molecule has 3 aromatic rings. The molecule has 5 heteroatoms. The number of aliphatic hydroxyl groups is 1. The molecule has 2 atom stereocenters. The lowest BCUT2D eigenvalue weighted by molar-refractivity contribution is -0.264. The minimum Gasteiger partial charge on any atom is -0.497 e. The summed E-state index contributed by atoms with van der Waals surface area (Å²) in [5.41, 5.74) is 3.11. The number of morpholine rings is 1. The zero-order chi connectivity index (χ0) is 19.8. The van der Waals surface area contributed by atoms with Crippen molar-refractivity contribution < 1.29 is 14.6 Å². The SMILES string of the molecule is Br.COc1ccc2cc(-c3ccc(C4(O)CN5CCCCC5CO4)cc3)ccc2c1. The molecule has 0 amide bonds. The van der Waals surface area contributed by atoms with Crippen molar-refractivity contribution in [1.82, 2.24) is 4.90 Å². The molecule has 2 fully saturated rings. The summed E-state index contributed by atoms with van der Waals surface area (Å²) in [5, 5.41) is 13.5. The average molecular weight is 470 g/mol. The van der Waals surface area contributed by atoms with Crippen LogP contribution < -0.4 is 4.74 Å². The van der Waals surface area contributed by atoms with E-state index in [4.69, 9.17) is 9.47 Å². The number of benzene rings is 3. The van der Waals surface area contributed by atoms with Crippen LogP contribution in [0.25, 0.3) is 21.9 Å². The highest BCUT2D eigenvalue weighted by molar-refractivity contribution is 8.93. The fraction of sp³-hybridized carbons (Fsp3) is 0.360. The second-order valence-corrected chi connectivity index (χ2v) is 8.22. The van der Waals surface area contributed by atoms with Gasteiger partial charge in [-0.25, -0.2) is 0 Å². The standard InChI is InChI=1S/C25H27NO3.BrH/c1-28-24-12-9-20-14-19(5-6-21(20)15-24)18-7-10-22(11-8-18)25(27)17-26-13-3-2-4-23(26)16-29-25;/h5-12,14-15,23,27H,2-4,13,16-17H2,1H3;1H. The Hall–Kier alpha value is -1.92. The first kappa shape index (κ1) is 21.3. The molecule has 0 spiro atoms. The van der Waals surface area contributed by atoms with E-state index in [-0.39, 0.29) is 17.0 Å². The minimum atomic E-state index is -1.22. The summed E-state index contributed by atoms with van der Waals surface area (Å²) in [5.74, 6) is -0.349. The van der Waals surface area contributed by atoms with Crippen molar-refractivity contribution in [2.75, 3.05) is 26.8 Å². The van der Waals surface area contributed by atoms with Crippen molar-refractivity contribution in [1.29, 1.82) is 0 Å². The van der Waals surface area contributed by atoms with E-state index in [2.05, 4.69) is 41.3 Å². The van der Waals surface area contributed by atoms with Gasteiger partial charge in [-0.05, 0) is 59.5 Å². The van der Waals surface area contributed by atoms with Crippen LogP contribution >= 0.6 is 17.0 Å². The number of halogens is 1. The highest BCUT2D eigenvalue weighted by atomic mass is 79.9. The van der Waals surface area contributed by atoms with E-state index in [1.165, 1.54) is 24.6 Å². The van der Waals surface area contributed by atoms with Gasteiger partial charge in [-0.1, -0.05) is 48.9 Å². The minimum absolute atomic E-state index is 0. The molecule has 1 N–H and O–H groups in total. The van der Waals surface area contributed by atoms with Gasteiger partial charge in [0.05, 0.1) is 20.3 Å².